The third-order valence-corrected chi connectivity index (χ3v) is 6.47. The number of carbonyl (C=O) groups is 1. The van der Waals surface area contributed by atoms with Crippen molar-refractivity contribution in [3.63, 3.8) is 0 Å². The molecule has 0 bridgehead atoms. The Morgan fingerprint density at radius 1 is 1.28 bits per heavy atom. The Morgan fingerprint density at radius 2 is 2.04 bits per heavy atom. The number of rotatable bonds is 5. The van der Waals surface area contributed by atoms with Gasteiger partial charge in [0.1, 0.15) is 0 Å². The largest absolute Gasteiger partial charge is 0.379 e. The number of benzene rings is 1. The molecule has 3 rings (SSSR count). The standard InChI is InChI=1S/C17H24N2O5S/c1-13-4-5-15(25(21,22)19-6-9-23-10-7-19)11-16(13)17(20)18-12-14-3-2-8-24-14/h4-5,11,14H,2-3,6-10,12H2,1H3,(H,18,20)/t14-/m0/s1. The minimum Gasteiger partial charge on any atom is -0.379 e. The first kappa shape index (κ1) is 18.3. The summed E-state index contributed by atoms with van der Waals surface area (Å²) in [7, 11) is -3.62. The molecule has 2 aliphatic rings. The van der Waals surface area contributed by atoms with Crippen molar-refractivity contribution < 1.29 is 22.7 Å². The van der Waals surface area contributed by atoms with E-state index in [1.807, 2.05) is 0 Å². The van der Waals surface area contributed by atoms with Crippen molar-refractivity contribution >= 4 is 15.9 Å². The minimum atomic E-state index is -3.62. The lowest BCUT2D eigenvalue weighted by Crippen LogP contribution is -2.40. The molecule has 0 aromatic heterocycles. The maximum Gasteiger partial charge on any atom is 0.251 e. The molecule has 2 saturated heterocycles. The van der Waals surface area contributed by atoms with Crippen molar-refractivity contribution in [2.24, 2.45) is 0 Å². The van der Waals surface area contributed by atoms with E-state index in [-0.39, 0.29) is 16.9 Å². The van der Waals surface area contributed by atoms with Gasteiger partial charge in [-0.2, -0.15) is 4.31 Å². The van der Waals surface area contributed by atoms with Gasteiger partial charge in [-0.3, -0.25) is 4.79 Å². The van der Waals surface area contributed by atoms with Gasteiger partial charge in [0.2, 0.25) is 10.0 Å². The van der Waals surface area contributed by atoms with Crippen LogP contribution >= 0.6 is 0 Å². The van der Waals surface area contributed by atoms with Crippen LogP contribution in [-0.4, -0.2) is 64.2 Å². The first-order valence-electron chi connectivity index (χ1n) is 8.57. The zero-order valence-corrected chi connectivity index (χ0v) is 15.2. The third-order valence-electron chi connectivity index (χ3n) is 4.58. The summed E-state index contributed by atoms with van der Waals surface area (Å²) in [5.41, 5.74) is 1.12. The number of hydrogen-bond donors (Lipinski definition) is 1. The number of hydrogen-bond acceptors (Lipinski definition) is 5. The molecule has 2 aliphatic heterocycles. The van der Waals surface area contributed by atoms with Crippen LogP contribution in [-0.2, 0) is 19.5 Å². The summed E-state index contributed by atoms with van der Waals surface area (Å²) in [5, 5.41) is 2.85. The number of carbonyl (C=O) groups excluding carboxylic acids is 1. The Bertz CT molecular complexity index is 723. The summed E-state index contributed by atoms with van der Waals surface area (Å²) in [6, 6.07) is 4.69. The molecule has 1 aromatic rings. The van der Waals surface area contributed by atoms with E-state index < -0.39 is 10.0 Å². The third kappa shape index (κ3) is 4.20. The van der Waals surface area contributed by atoms with Gasteiger partial charge in [0, 0.05) is 31.8 Å². The van der Waals surface area contributed by atoms with Crippen LogP contribution in [0.1, 0.15) is 28.8 Å². The predicted molar refractivity (Wildman–Crippen MR) is 92.1 cm³/mol. The molecule has 2 heterocycles. The molecule has 0 aliphatic carbocycles. The van der Waals surface area contributed by atoms with Crippen LogP contribution in [0.3, 0.4) is 0 Å². The molecule has 0 spiro atoms. The van der Waals surface area contributed by atoms with E-state index in [9.17, 15) is 13.2 Å². The predicted octanol–water partition coefficient (Wildman–Crippen LogP) is 0.925. The number of ether oxygens (including phenoxy) is 2. The van der Waals surface area contributed by atoms with Gasteiger partial charge in [0.05, 0.1) is 24.2 Å². The van der Waals surface area contributed by atoms with Crippen molar-refractivity contribution in [1.29, 1.82) is 0 Å². The van der Waals surface area contributed by atoms with E-state index in [1.54, 1.807) is 19.1 Å². The van der Waals surface area contributed by atoms with E-state index >= 15 is 0 Å². The molecule has 7 nitrogen and oxygen atoms in total. The van der Waals surface area contributed by atoms with Crippen LogP contribution in [0, 0.1) is 6.92 Å². The van der Waals surface area contributed by atoms with E-state index in [1.165, 1.54) is 10.4 Å². The fourth-order valence-corrected chi connectivity index (χ4v) is 4.48. The maximum atomic E-state index is 12.8. The highest BCUT2D eigenvalue weighted by Gasteiger charge is 2.27. The van der Waals surface area contributed by atoms with Gasteiger partial charge in [-0.25, -0.2) is 8.42 Å². The second-order valence-corrected chi connectivity index (χ2v) is 8.28. The lowest BCUT2D eigenvalue weighted by molar-refractivity contribution is 0.0730. The first-order valence-corrected chi connectivity index (χ1v) is 10.0. The summed E-state index contributed by atoms with van der Waals surface area (Å²) in [5.74, 6) is -0.271. The molecule has 8 heteroatoms. The van der Waals surface area contributed by atoms with Crippen LogP contribution < -0.4 is 5.32 Å². The minimum absolute atomic E-state index is 0.0459. The van der Waals surface area contributed by atoms with Crippen LogP contribution in [0.15, 0.2) is 23.1 Å². The Labute approximate surface area is 148 Å². The number of morpholine rings is 1. The Hall–Kier alpha value is -1.48. The van der Waals surface area contributed by atoms with Gasteiger partial charge >= 0.3 is 0 Å². The van der Waals surface area contributed by atoms with Crippen molar-refractivity contribution in [1.82, 2.24) is 9.62 Å². The zero-order valence-electron chi connectivity index (χ0n) is 14.4. The van der Waals surface area contributed by atoms with Crippen molar-refractivity contribution in [3.8, 4) is 0 Å². The number of aryl methyl sites for hydroxylation is 1. The molecule has 1 amide bonds. The highest BCUT2D eigenvalue weighted by atomic mass is 32.2. The van der Waals surface area contributed by atoms with Crippen LogP contribution in [0.25, 0.3) is 0 Å². The van der Waals surface area contributed by atoms with Crippen LogP contribution in [0.2, 0.25) is 0 Å². The Morgan fingerprint density at radius 3 is 2.72 bits per heavy atom. The average molecular weight is 368 g/mol. The smallest absolute Gasteiger partial charge is 0.251 e. The second-order valence-electron chi connectivity index (χ2n) is 6.34. The van der Waals surface area contributed by atoms with Crippen molar-refractivity contribution in [2.75, 3.05) is 39.5 Å². The van der Waals surface area contributed by atoms with Crippen LogP contribution in [0.4, 0.5) is 0 Å². The second kappa shape index (κ2) is 7.82. The van der Waals surface area contributed by atoms with E-state index in [0.29, 0.717) is 38.4 Å². The highest BCUT2D eigenvalue weighted by Crippen LogP contribution is 2.21. The molecule has 138 valence electrons. The normalized spacial score (nSPS) is 22.0. The summed E-state index contributed by atoms with van der Waals surface area (Å²) in [6.07, 6.45) is 1.99. The first-order chi connectivity index (χ1) is 12.0. The number of amides is 1. The monoisotopic (exact) mass is 368 g/mol. The van der Waals surface area contributed by atoms with E-state index in [2.05, 4.69) is 5.32 Å². The lowest BCUT2D eigenvalue weighted by atomic mass is 10.1. The van der Waals surface area contributed by atoms with Gasteiger partial charge in [0.15, 0.2) is 0 Å². The molecule has 0 radical (unpaired) electrons. The molecular formula is C17H24N2O5S. The van der Waals surface area contributed by atoms with E-state index in [4.69, 9.17) is 9.47 Å². The van der Waals surface area contributed by atoms with Crippen molar-refractivity contribution in [3.05, 3.63) is 29.3 Å². The Balaban J connectivity index is 1.76. The number of nitrogens with zero attached hydrogens (tertiary/aromatic N) is 1. The lowest BCUT2D eigenvalue weighted by Gasteiger charge is -2.26. The fraction of sp³-hybridized carbons (Fsp3) is 0.588. The highest BCUT2D eigenvalue weighted by molar-refractivity contribution is 7.89. The molecule has 1 atom stereocenters. The summed E-state index contributed by atoms with van der Waals surface area (Å²) in [6.45, 7) is 4.41. The fourth-order valence-electron chi connectivity index (χ4n) is 3.05. The zero-order chi connectivity index (χ0) is 17.9. The molecule has 25 heavy (non-hydrogen) atoms. The topological polar surface area (TPSA) is 84.9 Å². The van der Waals surface area contributed by atoms with Gasteiger partial charge in [-0.05, 0) is 37.5 Å². The van der Waals surface area contributed by atoms with Crippen molar-refractivity contribution in [2.45, 2.75) is 30.8 Å². The summed E-state index contributed by atoms with van der Waals surface area (Å²) >= 11 is 0. The van der Waals surface area contributed by atoms with Gasteiger partial charge in [0.25, 0.3) is 5.91 Å². The molecular weight excluding hydrogens is 344 g/mol. The van der Waals surface area contributed by atoms with Crippen LogP contribution in [0.5, 0.6) is 0 Å². The molecule has 1 N–H and O–H groups in total. The molecule has 1 aromatic carbocycles. The van der Waals surface area contributed by atoms with Gasteiger partial charge in [-0.1, -0.05) is 6.07 Å². The molecule has 0 saturated carbocycles. The summed E-state index contributed by atoms with van der Waals surface area (Å²) < 4.78 is 37.6. The number of nitrogens with one attached hydrogen (secondary N) is 1. The Kier molecular flexibility index (Phi) is 5.73. The average Bonchev–Trinajstić information content (AvgIpc) is 3.14. The molecule has 0 unspecified atom stereocenters. The maximum absolute atomic E-state index is 12.8. The SMILES string of the molecule is Cc1ccc(S(=O)(=O)N2CCOCC2)cc1C(=O)NC[C@@H]1CCCO1. The van der Waals surface area contributed by atoms with Gasteiger partial charge < -0.3 is 14.8 Å². The summed E-state index contributed by atoms with van der Waals surface area (Å²) in [4.78, 5) is 12.6. The van der Waals surface area contributed by atoms with E-state index in [0.717, 1.165) is 25.0 Å². The van der Waals surface area contributed by atoms with Gasteiger partial charge in [-0.15, -0.1) is 0 Å². The quantitative estimate of drug-likeness (QED) is 0.836. The number of sulfonamides is 1. The molecule has 2 fully saturated rings.